The third kappa shape index (κ3) is 5.75. The van der Waals surface area contributed by atoms with Gasteiger partial charge in [-0.15, -0.1) is 11.3 Å². The van der Waals surface area contributed by atoms with E-state index in [0.717, 1.165) is 36.8 Å². The summed E-state index contributed by atoms with van der Waals surface area (Å²) in [6.45, 7) is 2.28. The predicted molar refractivity (Wildman–Crippen MR) is 94.8 cm³/mol. The Morgan fingerprint density at radius 3 is 2.87 bits per heavy atom. The highest BCUT2D eigenvalue weighted by Gasteiger charge is 2.28. The monoisotopic (exact) mass is 356 g/mol. The minimum atomic E-state index is -3.40. The Morgan fingerprint density at radius 2 is 2.22 bits per heavy atom. The van der Waals surface area contributed by atoms with Crippen LogP contribution in [0.15, 0.2) is 23.6 Å². The van der Waals surface area contributed by atoms with Crippen molar-refractivity contribution in [1.82, 2.24) is 9.62 Å². The summed E-state index contributed by atoms with van der Waals surface area (Å²) in [5.74, 6) is -0.154. The number of hydrogen-bond acceptors (Lipinski definition) is 4. The molecule has 0 saturated carbocycles. The first-order valence-corrected chi connectivity index (χ1v) is 10.6. The molecule has 5 nitrogen and oxygen atoms in total. The molecule has 0 bridgehead atoms. The first-order valence-electron chi connectivity index (χ1n) is 7.86. The van der Waals surface area contributed by atoms with Gasteiger partial charge in [0, 0.05) is 11.4 Å². The second-order valence-corrected chi connectivity index (χ2v) is 8.69. The fourth-order valence-corrected chi connectivity index (χ4v) is 4.19. The number of nitrogens with zero attached hydrogens (tertiary/aromatic N) is 1. The molecule has 0 radical (unpaired) electrons. The van der Waals surface area contributed by atoms with Crippen LogP contribution in [0.3, 0.4) is 0 Å². The van der Waals surface area contributed by atoms with Gasteiger partial charge in [0.2, 0.25) is 15.9 Å². The van der Waals surface area contributed by atoms with Gasteiger partial charge in [-0.2, -0.15) is 0 Å². The predicted octanol–water partition coefficient (Wildman–Crippen LogP) is 2.47. The number of sulfonamides is 1. The summed E-state index contributed by atoms with van der Waals surface area (Å²) in [4.78, 5) is 15.6. The molecule has 1 aromatic heterocycles. The van der Waals surface area contributed by atoms with Crippen LogP contribution in [0.2, 0.25) is 0 Å². The first-order chi connectivity index (χ1) is 10.9. The topological polar surface area (TPSA) is 66.5 Å². The van der Waals surface area contributed by atoms with E-state index in [1.165, 1.54) is 0 Å². The van der Waals surface area contributed by atoms with Crippen LogP contribution in [0.25, 0.3) is 6.08 Å². The average Bonchev–Trinajstić information content (AvgIpc) is 2.87. The van der Waals surface area contributed by atoms with Gasteiger partial charge in [-0.25, -0.2) is 13.1 Å². The first kappa shape index (κ1) is 18.2. The molecular formula is C16H24N2O3S2. The van der Waals surface area contributed by atoms with Gasteiger partial charge in [0.05, 0.1) is 18.3 Å². The molecule has 1 aromatic rings. The van der Waals surface area contributed by atoms with E-state index < -0.39 is 16.1 Å². The SMILES string of the molecule is CC(NS(C)(=O)=O)C(=O)N1CCCCCC1/C=C/c1cccs1. The van der Waals surface area contributed by atoms with E-state index in [2.05, 4.69) is 16.9 Å². The van der Waals surface area contributed by atoms with E-state index in [-0.39, 0.29) is 11.9 Å². The highest BCUT2D eigenvalue weighted by molar-refractivity contribution is 7.88. The van der Waals surface area contributed by atoms with Crippen molar-refractivity contribution in [3.05, 3.63) is 28.5 Å². The van der Waals surface area contributed by atoms with E-state index in [1.54, 1.807) is 18.3 Å². The molecule has 2 rings (SSSR count). The fraction of sp³-hybridized carbons (Fsp3) is 0.562. The zero-order valence-corrected chi connectivity index (χ0v) is 15.2. The molecule has 1 N–H and O–H groups in total. The Morgan fingerprint density at radius 1 is 1.43 bits per heavy atom. The molecule has 0 aromatic carbocycles. The van der Waals surface area contributed by atoms with Crippen LogP contribution >= 0.6 is 11.3 Å². The Bertz CT molecular complexity index is 638. The molecule has 1 aliphatic heterocycles. The van der Waals surface area contributed by atoms with Gasteiger partial charge in [-0.3, -0.25) is 4.79 Å². The zero-order valence-electron chi connectivity index (χ0n) is 13.6. The lowest BCUT2D eigenvalue weighted by Gasteiger charge is -2.30. The molecule has 7 heteroatoms. The quantitative estimate of drug-likeness (QED) is 0.881. The van der Waals surface area contributed by atoms with Gasteiger partial charge in [0.1, 0.15) is 0 Å². The van der Waals surface area contributed by atoms with Gasteiger partial charge in [-0.05, 0) is 37.3 Å². The van der Waals surface area contributed by atoms with Crippen molar-refractivity contribution in [1.29, 1.82) is 0 Å². The molecule has 1 fully saturated rings. The van der Waals surface area contributed by atoms with Gasteiger partial charge < -0.3 is 4.90 Å². The molecule has 1 saturated heterocycles. The number of amides is 1. The minimum absolute atomic E-state index is 0.0240. The van der Waals surface area contributed by atoms with Crippen LogP contribution in [-0.4, -0.2) is 44.1 Å². The highest BCUT2D eigenvalue weighted by Crippen LogP contribution is 2.21. The Labute approximate surface area is 142 Å². The lowest BCUT2D eigenvalue weighted by molar-refractivity contribution is -0.133. The summed E-state index contributed by atoms with van der Waals surface area (Å²) < 4.78 is 25.1. The molecule has 0 aliphatic carbocycles. The Hall–Kier alpha value is -1.18. The molecule has 128 valence electrons. The number of thiophene rings is 1. The number of carbonyl (C=O) groups is 1. The van der Waals surface area contributed by atoms with Crippen LogP contribution in [0, 0.1) is 0 Å². The van der Waals surface area contributed by atoms with E-state index in [0.29, 0.717) is 6.54 Å². The zero-order chi connectivity index (χ0) is 16.9. The third-order valence-electron chi connectivity index (χ3n) is 3.87. The molecule has 1 amide bonds. The maximum absolute atomic E-state index is 12.7. The largest absolute Gasteiger partial charge is 0.335 e. The van der Waals surface area contributed by atoms with Crippen molar-refractivity contribution in [2.24, 2.45) is 0 Å². The second-order valence-electron chi connectivity index (χ2n) is 5.93. The Balaban J connectivity index is 2.12. The van der Waals surface area contributed by atoms with Gasteiger partial charge in [0.25, 0.3) is 0 Å². The van der Waals surface area contributed by atoms with E-state index in [4.69, 9.17) is 0 Å². The van der Waals surface area contributed by atoms with Crippen LogP contribution < -0.4 is 4.72 Å². The maximum atomic E-state index is 12.7. The smallest absolute Gasteiger partial charge is 0.240 e. The molecular weight excluding hydrogens is 332 g/mol. The Kier molecular flexibility index (Phi) is 6.38. The number of nitrogens with one attached hydrogen (secondary N) is 1. The normalized spacial score (nSPS) is 21.3. The number of rotatable bonds is 5. The molecule has 1 aliphatic rings. The summed E-state index contributed by atoms with van der Waals surface area (Å²) in [6.07, 6.45) is 9.25. The van der Waals surface area contributed by atoms with Crippen molar-refractivity contribution < 1.29 is 13.2 Å². The summed E-state index contributed by atoms with van der Waals surface area (Å²) in [7, 11) is -3.40. The summed E-state index contributed by atoms with van der Waals surface area (Å²) >= 11 is 1.66. The minimum Gasteiger partial charge on any atom is -0.335 e. The number of hydrogen-bond donors (Lipinski definition) is 1. The van der Waals surface area contributed by atoms with E-state index >= 15 is 0 Å². The van der Waals surface area contributed by atoms with Crippen molar-refractivity contribution in [3.8, 4) is 0 Å². The highest BCUT2D eigenvalue weighted by atomic mass is 32.2. The number of carbonyl (C=O) groups excluding carboxylic acids is 1. The lowest BCUT2D eigenvalue weighted by atomic mass is 10.1. The van der Waals surface area contributed by atoms with Crippen LogP contribution in [0.5, 0.6) is 0 Å². The van der Waals surface area contributed by atoms with Gasteiger partial charge in [-0.1, -0.05) is 25.0 Å². The average molecular weight is 357 g/mol. The van der Waals surface area contributed by atoms with Crippen molar-refractivity contribution in [2.75, 3.05) is 12.8 Å². The van der Waals surface area contributed by atoms with Crippen LogP contribution in [-0.2, 0) is 14.8 Å². The molecule has 0 spiro atoms. The maximum Gasteiger partial charge on any atom is 0.240 e. The molecule has 2 unspecified atom stereocenters. The van der Waals surface area contributed by atoms with Crippen molar-refractivity contribution >= 4 is 33.3 Å². The van der Waals surface area contributed by atoms with E-state index in [9.17, 15) is 13.2 Å². The lowest BCUT2D eigenvalue weighted by Crippen LogP contribution is -2.49. The summed E-state index contributed by atoms with van der Waals surface area (Å²) in [5, 5.41) is 2.02. The second kappa shape index (κ2) is 8.08. The van der Waals surface area contributed by atoms with Crippen LogP contribution in [0.1, 0.15) is 37.5 Å². The number of likely N-dealkylation sites (tertiary alicyclic amines) is 1. The third-order valence-corrected chi connectivity index (χ3v) is 5.49. The molecule has 2 atom stereocenters. The van der Waals surface area contributed by atoms with E-state index in [1.807, 2.05) is 22.4 Å². The van der Waals surface area contributed by atoms with Crippen molar-refractivity contribution in [2.45, 2.75) is 44.7 Å². The molecule has 23 heavy (non-hydrogen) atoms. The summed E-state index contributed by atoms with van der Waals surface area (Å²) in [6, 6.07) is 3.33. The fourth-order valence-electron chi connectivity index (χ4n) is 2.82. The standard InChI is InChI=1S/C16H24N2O3S2/c1-13(17-23(2,20)21)16(19)18-11-5-3-4-7-14(18)9-10-15-8-6-12-22-15/h6,8-10,12-14,17H,3-5,7,11H2,1-2H3/b10-9+. The summed E-state index contributed by atoms with van der Waals surface area (Å²) in [5.41, 5.74) is 0. The van der Waals surface area contributed by atoms with Gasteiger partial charge >= 0.3 is 0 Å². The van der Waals surface area contributed by atoms with Crippen molar-refractivity contribution in [3.63, 3.8) is 0 Å². The van der Waals surface area contributed by atoms with Gasteiger partial charge in [0.15, 0.2) is 0 Å². The van der Waals surface area contributed by atoms with Crippen LogP contribution in [0.4, 0.5) is 0 Å². The molecule has 2 heterocycles.